The fourth-order valence-corrected chi connectivity index (χ4v) is 14.0. The van der Waals surface area contributed by atoms with Gasteiger partial charge in [0.15, 0.2) is 0 Å². The van der Waals surface area contributed by atoms with Gasteiger partial charge in [-0.2, -0.15) is 0 Å². The fourth-order valence-electron chi connectivity index (χ4n) is 8.63. The molecule has 0 aromatic heterocycles. The van der Waals surface area contributed by atoms with Gasteiger partial charge in [0, 0.05) is 0 Å². The molecule has 0 aromatic rings. The molecule has 0 radical (unpaired) electrons. The maximum absolute atomic E-state index is 2.34. The molecule has 0 atom stereocenters. The van der Waals surface area contributed by atoms with Gasteiger partial charge >= 0.3 is 0 Å². The highest BCUT2D eigenvalue weighted by Crippen LogP contribution is 2.42. The summed E-state index contributed by atoms with van der Waals surface area (Å²) >= 11 is 0. The van der Waals surface area contributed by atoms with Crippen molar-refractivity contribution in [3.05, 3.63) is 0 Å². The highest BCUT2D eigenvalue weighted by molar-refractivity contribution is 7.58. The van der Waals surface area contributed by atoms with E-state index in [4.69, 9.17) is 0 Å². The summed E-state index contributed by atoms with van der Waals surface area (Å²) in [5.74, 6) is 0. The monoisotopic (exact) mass is 795 g/mol. The second-order valence-electron chi connectivity index (χ2n) is 18.1. The quantitative estimate of drug-likeness (QED) is 0.0425. The van der Waals surface area contributed by atoms with Crippen LogP contribution in [-0.2, 0) is 0 Å². The molecule has 54 heavy (non-hydrogen) atoms. The lowest BCUT2D eigenvalue weighted by Crippen LogP contribution is -2.00. The molecule has 0 fully saturated rings. The van der Waals surface area contributed by atoms with Crippen LogP contribution in [0.2, 0.25) is 0 Å². The van der Waals surface area contributed by atoms with Crippen LogP contribution in [0, 0.1) is 0 Å². The summed E-state index contributed by atoms with van der Waals surface area (Å²) in [4.78, 5) is 0. The van der Waals surface area contributed by atoms with E-state index >= 15 is 0 Å². The van der Waals surface area contributed by atoms with Crippen molar-refractivity contribution in [2.45, 2.75) is 297 Å². The van der Waals surface area contributed by atoms with Gasteiger partial charge in [0.1, 0.15) is 0 Å². The zero-order valence-electron chi connectivity index (χ0n) is 38.8. The van der Waals surface area contributed by atoms with Crippen LogP contribution < -0.4 is 0 Å². The molecule has 0 aromatic carbocycles. The summed E-state index contributed by atoms with van der Waals surface area (Å²) in [5, 5.41) is 0. The summed E-state index contributed by atoms with van der Waals surface area (Å²) in [6, 6.07) is 0. The van der Waals surface area contributed by atoms with Crippen LogP contribution in [0.1, 0.15) is 297 Å². The second-order valence-corrected chi connectivity index (χ2v) is 23.5. The average molecular weight is 795 g/mol. The minimum atomic E-state index is 0.297. The first kappa shape index (κ1) is 54.9. The van der Waals surface area contributed by atoms with Crippen LogP contribution in [0.15, 0.2) is 0 Å². The van der Waals surface area contributed by atoms with Gasteiger partial charge in [-0.15, -0.1) is 15.8 Å². The van der Waals surface area contributed by atoms with Gasteiger partial charge in [0.2, 0.25) is 0 Å². The normalized spacial score (nSPS) is 11.9. The Morgan fingerprint density at radius 1 is 0.148 bits per heavy atom. The van der Waals surface area contributed by atoms with Gasteiger partial charge in [-0.05, 0) is 75.5 Å². The zero-order valence-corrected chi connectivity index (χ0v) is 40.6. The van der Waals surface area contributed by atoms with Gasteiger partial charge in [-0.25, -0.2) is 0 Å². The Kier molecular flexibility index (Phi) is 50.8. The molecule has 2 heteroatoms. The fraction of sp³-hybridized carbons (Fsp3) is 1.00. The highest BCUT2D eigenvalue weighted by Gasteiger charge is 2.11. The van der Waals surface area contributed by atoms with Crippen molar-refractivity contribution in [2.75, 3.05) is 37.0 Å². The van der Waals surface area contributed by atoms with Crippen molar-refractivity contribution >= 4 is 15.8 Å². The van der Waals surface area contributed by atoms with Crippen LogP contribution in [0.25, 0.3) is 0 Å². The summed E-state index contributed by atoms with van der Waals surface area (Å²) in [5.41, 5.74) is 0. The zero-order chi connectivity index (χ0) is 39.1. The summed E-state index contributed by atoms with van der Waals surface area (Å²) < 4.78 is 0. The van der Waals surface area contributed by atoms with Crippen molar-refractivity contribution in [3.63, 3.8) is 0 Å². The molecule has 0 saturated heterocycles. The van der Waals surface area contributed by atoms with Gasteiger partial charge in [0.25, 0.3) is 0 Å². The average Bonchev–Trinajstić information content (AvgIpc) is 3.18. The van der Waals surface area contributed by atoms with E-state index in [1.165, 1.54) is 231 Å². The van der Waals surface area contributed by atoms with Crippen molar-refractivity contribution < 1.29 is 0 Å². The SMILES string of the molecule is CCCCCCCCCCCCP(CCCCCCCCCCCC)CCCCP(CCCCCCCCCCCC)CCCCCCCCCCCC. The van der Waals surface area contributed by atoms with Gasteiger partial charge in [0.05, 0.1) is 0 Å². The molecule has 0 heterocycles. The smallest absolute Gasteiger partial charge is 0.0326 e. The minimum Gasteiger partial charge on any atom is -0.107 e. The predicted molar refractivity (Wildman–Crippen MR) is 260 cm³/mol. The van der Waals surface area contributed by atoms with E-state index in [9.17, 15) is 0 Å². The van der Waals surface area contributed by atoms with Crippen LogP contribution in [0.4, 0.5) is 0 Å². The van der Waals surface area contributed by atoms with E-state index in [-0.39, 0.29) is 0 Å². The van der Waals surface area contributed by atoms with E-state index in [1.807, 2.05) is 0 Å². The number of hydrogen-bond acceptors (Lipinski definition) is 0. The Morgan fingerprint density at radius 2 is 0.259 bits per heavy atom. The van der Waals surface area contributed by atoms with E-state index in [2.05, 4.69) is 27.7 Å². The molecular formula is C52H108P2. The first-order valence-electron chi connectivity index (χ1n) is 26.2. The van der Waals surface area contributed by atoms with Crippen LogP contribution in [0.5, 0.6) is 0 Å². The molecule has 0 nitrogen and oxygen atoms in total. The van der Waals surface area contributed by atoms with Crippen LogP contribution in [0.3, 0.4) is 0 Å². The Hall–Kier alpha value is 0.860. The molecule has 0 N–H and O–H groups in total. The first-order chi connectivity index (χ1) is 26.8. The molecule has 0 aliphatic heterocycles. The van der Waals surface area contributed by atoms with Crippen molar-refractivity contribution in [1.29, 1.82) is 0 Å². The van der Waals surface area contributed by atoms with Gasteiger partial charge in [-0.1, -0.05) is 259 Å². The third-order valence-electron chi connectivity index (χ3n) is 12.5. The maximum atomic E-state index is 2.34. The lowest BCUT2D eigenvalue weighted by Gasteiger charge is -2.20. The Morgan fingerprint density at radius 3 is 0.407 bits per heavy atom. The largest absolute Gasteiger partial charge is 0.107 e. The van der Waals surface area contributed by atoms with Crippen molar-refractivity contribution in [3.8, 4) is 0 Å². The predicted octanol–water partition coefficient (Wildman–Crippen LogP) is 20.4. The van der Waals surface area contributed by atoms with Gasteiger partial charge in [-0.3, -0.25) is 0 Å². The van der Waals surface area contributed by atoms with Crippen LogP contribution in [-0.4, -0.2) is 37.0 Å². The van der Waals surface area contributed by atoms with Crippen molar-refractivity contribution in [2.24, 2.45) is 0 Å². The first-order valence-corrected chi connectivity index (χ1v) is 30.0. The molecule has 0 rings (SSSR count). The van der Waals surface area contributed by atoms with Crippen LogP contribution >= 0.6 is 15.8 Å². The third-order valence-corrected chi connectivity index (χ3v) is 18.2. The maximum Gasteiger partial charge on any atom is -0.0326 e. The third kappa shape index (κ3) is 45.6. The molecular weight excluding hydrogens is 687 g/mol. The lowest BCUT2D eigenvalue weighted by molar-refractivity contribution is 0.561. The standard InChI is InChI=1S/C52H108P2/c1-5-9-13-17-21-25-29-33-37-41-47-53(48-42-38-34-30-26-22-18-14-10-6-2)51-45-46-52-54(49-43-39-35-31-27-23-19-15-11-7-3)50-44-40-36-32-28-24-20-16-12-8-4/h5-52H2,1-4H3. The van der Waals surface area contributed by atoms with E-state index < -0.39 is 0 Å². The topological polar surface area (TPSA) is 0 Å². The number of hydrogen-bond donors (Lipinski definition) is 0. The minimum absolute atomic E-state index is 0.297. The molecule has 0 aliphatic carbocycles. The Balaban J connectivity index is 4.58. The highest BCUT2D eigenvalue weighted by atomic mass is 31.1. The summed E-state index contributed by atoms with van der Waals surface area (Å²) in [6.07, 6.45) is 72.2. The van der Waals surface area contributed by atoms with E-state index in [1.54, 1.807) is 75.5 Å². The summed E-state index contributed by atoms with van der Waals surface area (Å²) in [7, 11) is 0.593. The Labute approximate surface area is 348 Å². The molecule has 0 spiro atoms. The molecule has 0 unspecified atom stereocenters. The van der Waals surface area contributed by atoms with Crippen molar-refractivity contribution in [1.82, 2.24) is 0 Å². The Bertz CT molecular complexity index is 532. The number of rotatable bonds is 49. The summed E-state index contributed by atoms with van der Waals surface area (Å²) in [6.45, 7) is 9.34. The molecule has 0 amide bonds. The van der Waals surface area contributed by atoms with E-state index in [0.29, 0.717) is 15.8 Å². The second kappa shape index (κ2) is 50.0. The molecule has 0 saturated carbocycles. The number of unbranched alkanes of at least 4 members (excludes halogenated alkanes) is 37. The molecule has 326 valence electrons. The van der Waals surface area contributed by atoms with E-state index in [0.717, 1.165) is 0 Å². The lowest BCUT2D eigenvalue weighted by atomic mass is 10.1. The molecule has 0 aliphatic rings. The molecule has 0 bridgehead atoms. The van der Waals surface area contributed by atoms with Gasteiger partial charge < -0.3 is 0 Å².